The highest BCUT2D eigenvalue weighted by Crippen LogP contribution is 2.41. The molecular formula is C26H28N2O6. The van der Waals surface area contributed by atoms with Crippen molar-refractivity contribution in [3.05, 3.63) is 71.8 Å². The summed E-state index contributed by atoms with van der Waals surface area (Å²) in [6.07, 6.45) is 0.790. The second kappa shape index (κ2) is 10.1. The molecule has 2 fully saturated rings. The van der Waals surface area contributed by atoms with Crippen molar-refractivity contribution < 1.29 is 29.0 Å². The van der Waals surface area contributed by atoms with E-state index in [1.165, 1.54) is 11.8 Å². The molecule has 8 heteroatoms. The molecular weight excluding hydrogens is 436 g/mol. The Labute approximate surface area is 197 Å². The van der Waals surface area contributed by atoms with E-state index < -0.39 is 53.8 Å². The van der Waals surface area contributed by atoms with E-state index in [4.69, 9.17) is 4.74 Å². The van der Waals surface area contributed by atoms with E-state index >= 15 is 0 Å². The number of esters is 1. The van der Waals surface area contributed by atoms with E-state index in [0.29, 0.717) is 25.8 Å². The van der Waals surface area contributed by atoms with Gasteiger partial charge < -0.3 is 20.1 Å². The highest BCUT2D eigenvalue weighted by atomic mass is 16.5. The number of carboxylic acids is 1. The molecule has 2 aromatic rings. The van der Waals surface area contributed by atoms with E-state index in [2.05, 4.69) is 5.32 Å². The fourth-order valence-corrected chi connectivity index (χ4v) is 4.45. The van der Waals surface area contributed by atoms with Gasteiger partial charge >= 0.3 is 11.9 Å². The first kappa shape index (κ1) is 23.5. The van der Waals surface area contributed by atoms with Gasteiger partial charge in [0.1, 0.15) is 12.1 Å². The first-order chi connectivity index (χ1) is 16.4. The summed E-state index contributed by atoms with van der Waals surface area (Å²) in [5.41, 5.74) is 1.67. The van der Waals surface area contributed by atoms with Crippen LogP contribution in [0.5, 0.6) is 0 Å². The van der Waals surface area contributed by atoms with Gasteiger partial charge in [0.05, 0.1) is 11.8 Å². The number of carbonyl (C=O) groups excluding carboxylic acids is 3. The van der Waals surface area contributed by atoms with Crippen LogP contribution < -0.4 is 5.32 Å². The Morgan fingerprint density at radius 3 is 2.12 bits per heavy atom. The van der Waals surface area contributed by atoms with Crippen molar-refractivity contribution >= 4 is 23.8 Å². The summed E-state index contributed by atoms with van der Waals surface area (Å²) in [4.78, 5) is 50.9. The predicted octanol–water partition coefficient (Wildman–Crippen LogP) is 2.54. The first-order valence-electron chi connectivity index (χ1n) is 11.5. The van der Waals surface area contributed by atoms with Crippen molar-refractivity contribution in [1.29, 1.82) is 0 Å². The van der Waals surface area contributed by atoms with Gasteiger partial charge in [0, 0.05) is 6.54 Å². The van der Waals surface area contributed by atoms with Gasteiger partial charge in [-0.05, 0) is 37.3 Å². The number of likely N-dealkylation sites (tertiary alicyclic amines) is 1. The first-order valence-corrected chi connectivity index (χ1v) is 11.5. The summed E-state index contributed by atoms with van der Waals surface area (Å²) in [6.45, 7) is 1.89. The third-order valence-electron chi connectivity index (χ3n) is 6.42. The summed E-state index contributed by atoms with van der Waals surface area (Å²) in [6, 6.07) is 17.1. The zero-order valence-corrected chi connectivity index (χ0v) is 18.9. The Morgan fingerprint density at radius 1 is 0.971 bits per heavy atom. The number of aliphatic carboxylic acids is 1. The largest absolute Gasteiger partial charge is 0.480 e. The third kappa shape index (κ3) is 5.11. The van der Waals surface area contributed by atoms with Crippen molar-refractivity contribution in [1.82, 2.24) is 10.2 Å². The molecule has 1 aliphatic heterocycles. The molecule has 1 heterocycles. The van der Waals surface area contributed by atoms with Crippen LogP contribution >= 0.6 is 0 Å². The van der Waals surface area contributed by atoms with Crippen molar-refractivity contribution in [2.45, 2.75) is 44.4 Å². The molecule has 2 N–H and O–H groups in total. The lowest BCUT2D eigenvalue weighted by Gasteiger charge is -2.25. The Bertz CT molecular complexity index is 1020. The molecule has 2 aromatic carbocycles. The Kier molecular flexibility index (Phi) is 6.95. The molecule has 0 spiro atoms. The number of amides is 2. The van der Waals surface area contributed by atoms with Gasteiger partial charge in [-0.3, -0.25) is 14.4 Å². The normalized spacial score (nSPS) is 22.2. The lowest BCUT2D eigenvalue weighted by molar-refractivity contribution is -0.151. The number of nitrogens with one attached hydrogen (secondary N) is 1. The molecule has 4 rings (SSSR count). The van der Waals surface area contributed by atoms with Crippen LogP contribution in [-0.4, -0.2) is 52.4 Å². The second-order valence-corrected chi connectivity index (χ2v) is 8.85. The monoisotopic (exact) mass is 464 g/mol. The summed E-state index contributed by atoms with van der Waals surface area (Å²) in [5, 5.41) is 11.9. The maximum Gasteiger partial charge on any atom is 0.326 e. The van der Waals surface area contributed by atoms with Gasteiger partial charge in [-0.1, -0.05) is 60.7 Å². The Morgan fingerprint density at radius 2 is 1.56 bits per heavy atom. The zero-order valence-electron chi connectivity index (χ0n) is 18.9. The fraction of sp³-hybridized carbons (Fsp3) is 0.385. The summed E-state index contributed by atoms with van der Waals surface area (Å²) < 4.78 is 5.84. The molecule has 34 heavy (non-hydrogen) atoms. The standard InChI is InChI=1S/C26H28N2O6/c1-16(24(30)28-14-8-13-21(28)25(31)32)27-23(29)19-15-20(19)26(33)34-22(17-9-4-2-5-10-17)18-11-6-3-7-12-18/h2-7,9-12,16,19-22H,8,13-15H2,1H3,(H,27,29)(H,31,32)/t16-,19+,20+,21-/m0/s1. The number of ether oxygens (including phenoxy) is 1. The second-order valence-electron chi connectivity index (χ2n) is 8.85. The maximum absolute atomic E-state index is 12.9. The van der Waals surface area contributed by atoms with Crippen LogP contribution in [0.1, 0.15) is 43.4 Å². The van der Waals surface area contributed by atoms with Crippen molar-refractivity contribution in [2.75, 3.05) is 6.54 Å². The van der Waals surface area contributed by atoms with Gasteiger partial charge in [-0.15, -0.1) is 0 Å². The van der Waals surface area contributed by atoms with Crippen LogP contribution in [0.3, 0.4) is 0 Å². The van der Waals surface area contributed by atoms with Crippen LogP contribution in [0, 0.1) is 11.8 Å². The summed E-state index contributed by atoms with van der Waals surface area (Å²) in [5.74, 6) is -3.46. The van der Waals surface area contributed by atoms with E-state index in [0.717, 1.165) is 11.1 Å². The molecule has 2 aliphatic rings. The lowest BCUT2D eigenvalue weighted by Crippen LogP contribution is -2.50. The molecule has 0 radical (unpaired) electrons. The van der Waals surface area contributed by atoms with E-state index in [1.54, 1.807) is 0 Å². The van der Waals surface area contributed by atoms with Crippen LogP contribution in [-0.2, 0) is 23.9 Å². The zero-order chi connectivity index (χ0) is 24.2. The number of carboxylic acid groups (broad SMARTS) is 1. The predicted molar refractivity (Wildman–Crippen MR) is 122 cm³/mol. The van der Waals surface area contributed by atoms with Crippen molar-refractivity contribution in [2.24, 2.45) is 11.8 Å². The van der Waals surface area contributed by atoms with Gasteiger partial charge in [0.2, 0.25) is 11.8 Å². The average molecular weight is 465 g/mol. The fourth-order valence-electron chi connectivity index (χ4n) is 4.45. The minimum absolute atomic E-state index is 0.351. The van der Waals surface area contributed by atoms with E-state index in [-0.39, 0.29) is 0 Å². The van der Waals surface area contributed by atoms with Gasteiger partial charge in [-0.25, -0.2) is 4.79 Å². The van der Waals surface area contributed by atoms with Gasteiger partial charge in [0.25, 0.3) is 0 Å². The molecule has 2 amide bonds. The third-order valence-corrected chi connectivity index (χ3v) is 6.42. The molecule has 0 unspecified atom stereocenters. The number of nitrogens with zero attached hydrogens (tertiary/aromatic N) is 1. The van der Waals surface area contributed by atoms with E-state index in [1.807, 2.05) is 60.7 Å². The van der Waals surface area contributed by atoms with Crippen LogP contribution in [0.4, 0.5) is 0 Å². The highest BCUT2D eigenvalue weighted by Gasteiger charge is 2.50. The maximum atomic E-state index is 12.9. The number of benzene rings is 2. The summed E-state index contributed by atoms with van der Waals surface area (Å²) in [7, 11) is 0. The number of carbonyl (C=O) groups is 4. The number of rotatable bonds is 8. The van der Waals surface area contributed by atoms with Crippen LogP contribution in [0.25, 0.3) is 0 Å². The Balaban J connectivity index is 1.36. The molecule has 178 valence electrons. The highest BCUT2D eigenvalue weighted by molar-refractivity contribution is 5.94. The molecule has 1 saturated carbocycles. The molecule has 0 aromatic heterocycles. The van der Waals surface area contributed by atoms with Crippen LogP contribution in [0.15, 0.2) is 60.7 Å². The van der Waals surface area contributed by atoms with Crippen LogP contribution in [0.2, 0.25) is 0 Å². The molecule has 1 saturated heterocycles. The smallest absolute Gasteiger partial charge is 0.326 e. The molecule has 4 atom stereocenters. The minimum Gasteiger partial charge on any atom is -0.480 e. The average Bonchev–Trinajstić information content (AvgIpc) is 3.51. The minimum atomic E-state index is -1.04. The summed E-state index contributed by atoms with van der Waals surface area (Å²) >= 11 is 0. The van der Waals surface area contributed by atoms with E-state index in [9.17, 15) is 24.3 Å². The number of hydrogen-bond donors (Lipinski definition) is 2. The lowest BCUT2D eigenvalue weighted by atomic mass is 10.0. The van der Waals surface area contributed by atoms with Gasteiger partial charge in [-0.2, -0.15) is 0 Å². The van der Waals surface area contributed by atoms with Crippen molar-refractivity contribution in [3.63, 3.8) is 0 Å². The van der Waals surface area contributed by atoms with Gasteiger partial charge in [0.15, 0.2) is 6.10 Å². The quantitative estimate of drug-likeness (QED) is 0.581. The molecule has 0 bridgehead atoms. The topological polar surface area (TPSA) is 113 Å². The molecule has 1 aliphatic carbocycles. The molecule has 8 nitrogen and oxygen atoms in total. The Hall–Kier alpha value is -3.68. The SMILES string of the molecule is C[C@H](NC(=O)[C@@H]1C[C@H]1C(=O)OC(c1ccccc1)c1ccccc1)C(=O)N1CCC[C@H]1C(=O)O. The van der Waals surface area contributed by atoms with Crippen molar-refractivity contribution in [3.8, 4) is 0 Å². The number of hydrogen-bond acceptors (Lipinski definition) is 5.